The highest BCUT2D eigenvalue weighted by Gasteiger charge is 2.26. The first-order valence-corrected chi connectivity index (χ1v) is 6.88. The first-order chi connectivity index (χ1) is 7.94. The van der Waals surface area contributed by atoms with E-state index in [2.05, 4.69) is 31.0 Å². The first kappa shape index (κ1) is 14.5. The third-order valence-corrected chi connectivity index (χ3v) is 3.48. The molecule has 100 valence electrons. The second kappa shape index (κ2) is 6.39. The Balaban J connectivity index is 2.47. The van der Waals surface area contributed by atoms with Gasteiger partial charge in [-0.3, -0.25) is 4.79 Å². The summed E-state index contributed by atoms with van der Waals surface area (Å²) in [6, 6.07) is 0.418. The summed E-state index contributed by atoms with van der Waals surface area (Å²) in [4.78, 5) is 14.3. The minimum atomic E-state index is 0.254. The quantitative estimate of drug-likeness (QED) is 0.818. The van der Waals surface area contributed by atoms with E-state index in [0.29, 0.717) is 18.4 Å². The van der Waals surface area contributed by atoms with Crippen LogP contribution in [0.2, 0.25) is 0 Å². The van der Waals surface area contributed by atoms with Gasteiger partial charge in [0, 0.05) is 25.6 Å². The average molecular weight is 240 g/mol. The lowest BCUT2D eigenvalue weighted by Gasteiger charge is -2.36. The third-order valence-electron chi connectivity index (χ3n) is 3.48. The second-order valence-corrected chi connectivity index (χ2v) is 6.36. The van der Waals surface area contributed by atoms with E-state index >= 15 is 0 Å². The van der Waals surface area contributed by atoms with Crippen LogP contribution in [0.4, 0.5) is 0 Å². The summed E-state index contributed by atoms with van der Waals surface area (Å²) < 4.78 is 0. The molecular weight excluding hydrogens is 212 g/mol. The van der Waals surface area contributed by atoms with Gasteiger partial charge >= 0.3 is 0 Å². The SMILES string of the molecule is CNCC1CCCCN1C(=O)CCC(C)(C)C. The van der Waals surface area contributed by atoms with Gasteiger partial charge < -0.3 is 10.2 Å². The Labute approximate surface area is 106 Å². The van der Waals surface area contributed by atoms with Gasteiger partial charge in [0.05, 0.1) is 0 Å². The summed E-state index contributed by atoms with van der Waals surface area (Å²) in [5, 5.41) is 3.20. The topological polar surface area (TPSA) is 32.3 Å². The Morgan fingerprint density at radius 2 is 2.06 bits per heavy atom. The van der Waals surface area contributed by atoms with Crippen molar-refractivity contribution in [2.45, 2.75) is 58.9 Å². The fourth-order valence-corrected chi connectivity index (χ4v) is 2.40. The van der Waals surface area contributed by atoms with Crippen LogP contribution in [-0.2, 0) is 4.79 Å². The van der Waals surface area contributed by atoms with Crippen molar-refractivity contribution in [3.05, 3.63) is 0 Å². The number of piperidine rings is 1. The van der Waals surface area contributed by atoms with E-state index in [1.165, 1.54) is 12.8 Å². The number of likely N-dealkylation sites (N-methyl/N-ethyl adjacent to an activating group) is 1. The molecule has 1 aliphatic heterocycles. The molecule has 1 rings (SSSR count). The molecule has 3 heteroatoms. The number of hydrogen-bond acceptors (Lipinski definition) is 2. The van der Waals surface area contributed by atoms with Crippen LogP contribution in [0, 0.1) is 5.41 Å². The fraction of sp³-hybridized carbons (Fsp3) is 0.929. The molecule has 1 saturated heterocycles. The minimum absolute atomic E-state index is 0.254. The van der Waals surface area contributed by atoms with E-state index in [-0.39, 0.29) is 5.41 Å². The summed E-state index contributed by atoms with van der Waals surface area (Å²) in [6.45, 7) is 8.47. The Hall–Kier alpha value is -0.570. The van der Waals surface area contributed by atoms with Gasteiger partial charge in [0.25, 0.3) is 0 Å². The Morgan fingerprint density at radius 1 is 1.35 bits per heavy atom. The highest BCUT2D eigenvalue weighted by Crippen LogP contribution is 2.23. The summed E-state index contributed by atoms with van der Waals surface area (Å²) in [6.07, 6.45) is 5.26. The molecule has 0 aliphatic carbocycles. The van der Waals surface area contributed by atoms with E-state index in [9.17, 15) is 4.79 Å². The van der Waals surface area contributed by atoms with Crippen molar-refractivity contribution in [2.75, 3.05) is 20.1 Å². The molecule has 1 atom stereocenters. The van der Waals surface area contributed by atoms with Gasteiger partial charge in [-0.05, 0) is 38.1 Å². The molecule has 17 heavy (non-hydrogen) atoms. The van der Waals surface area contributed by atoms with E-state index < -0.39 is 0 Å². The molecule has 1 N–H and O–H groups in total. The van der Waals surface area contributed by atoms with Crippen LogP contribution in [0.1, 0.15) is 52.9 Å². The lowest BCUT2D eigenvalue weighted by Crippen LogP contribution is -2.48. The molecule has 0 radical (unpaired) electrons. The molecule has 1 amide bonds. The lowest BCUT2D eigenvalue weighted by atomic mass is 9.90. The van der Waals surface area contributed by atoms with E-state index in [1.807, 2.05) is 7.05 Å². The standard InChI is InChI=1S/C14H28N2O/c1-14(2,3)9-8-13(17)16-10-6-5-7-12(16)11-15-4/h12,15H,5-11H2,1-4H3. The Morgan fingerprint density at radius 3 is 2.65 bits per heavy atom. The number of hydrogen-bond donors (Lipinski definition) is 1. The Bertz CT molecular complexity index is 243. The van der Waals surface area contributed by atoms with Crippen LogP contribution >= 0.6 is 0 Å². The van der Waals surface area contributed by atoms with Crippen molar-refractivity contribution in [1.82, 2.24) is 10.2 Å². The number of nitrogens with zero attached hydrogens (tertiary/aromatic N) is 1. The number of nitrogens with one attached hydrogen (secondary N) is 1. The maximum Gasteiger partial charge on any atom is 0.222 e. The minimum Gasteiger partial charge on any atom is -0.338 e. The molecule has 0 saturated carbocycles. The van der Waals surface area contributed by atoms with E-state index in [0.717, 1.165) is 25.9 Å². The molecule has 0 bridgehead atoms. The summed E-state index contributed by atoms with van der Waals surface area (Å²) in [5.41, 5.74) is 0.254. The van der Waals surface area contributed by atoms with Crippen molar-refractivity contribution < 1.29 is 4.79 Å². The fourth-order valence-electron chi connectivity index (χ4n) is 2.40. The molecule has 3 nitrogen and oxygen atoms in total. The van der Waals surface area contributed by atoms with Crippen LogP contribution in [0.5, 0.6) is 0 Å². The van der Waals surface area contributed by atoms with Gasteiger partial charge in [0.1, 0.15) is 0 Å². The van der Waals surface area contributed by atoms with Gasteiger partial charge in [-0.2, -0.15) is 0 Å². The molecule has 1 fully saturated rings. The number of amides is 1. The second-order valence-electron chi connectivity index (χ2n) is 6.36. The number of rotatable bonds is 4. The highest BCUT2D eigenvalue weighted by molar-refractivity contribution is 5.76. The largest absolute Gasteiger partial charge is 0.338 e. The van der Waals surface area contributed by atoms with Crippen LogP contribution in [-0.4, -0.2) is 37.0 Å². The first-order valence-electron chi connectivity index (χ1n) is 6.88. The number of likely N-dealkylation sites (tertiary alicyclic amines) is 1. The highest BCUT2D eigenvalue weighted by atomic mass is 16.2. The zero-order valence-electron chi connectivity index (χ0n) is 11.9. The maximum absolute atomic E-state index is 12.2. The van der Waals surface area contributed by atoms with Gasteiger partial charge in [0.2, 0.25) is 5.91 Å². The molecule has 0 aromatic carbocycles. The van der Waals surface area contributed by atoms with Crippen molar-refractivity contribution in [1.29, 1.82) is 0 Å². The predicted molar refractivity (Wildman–Crippen MR) is 72.0 cm³/mol. The summed E-state index contributed by atoms with van der Waals surface area (Å²) in [7, 11) is 1.96. The van der Waals surface area contributed by atoms with Crippen LogP contribution in [0.25, 0.3) is 0 Å². The molecule has 0 aromatic rings. The van der Waals surface area contributed by atoms with Gasteiger partial charge in [-0.15, -0.1) is 0 Å². The molecule has 1 aliphatic rings. The molecule has 1 heterocycles. The molecule has 1 unspecified atom stereocenters. The van der Waals surface area contributed by atoms with Gasteiger partial charge in [-0.25, -0.2) is 0 Å². The smallest absolute Gasteiger partial charge is 0.222 e. The molecule has 0 spiro atoms. The van der Waals surface area contributed by atoms with Gasteiger partial charge in [-0.1, -0.05) is 20.8 Å². The van der Waals surface area contributed by atoms with Crippen LogP contribution in [0.3, 0.4) is 0 Å². The lowest BCUT2D eigenvalue weighted by molar-refractivity contribution is -0.135. The predicted octanol–water partition coefficient (Wildman–Crippen LogP) is 2.41. The van der Waals surface area contributed by atoms with Gasteiger partial charge in [0.15, 0.2) is 0 Å². The van der Waals surface area contributed by atoms with Crippen LogP contribution < -0.4 is 5.32 Å². The van der Waals surface area contributed by atoms with Crippen LogP contribution in [0.15, 0.2) is 0 Å². The monoisotopic (exact) mass is 240 g/mol. The zero-order chi connectivity index (χ0) is 12.9. The maximum atomic E-state index is 12.2. The average Bonchev–Trinajstić information content (AvgIpc) is 2.26. The van der Waals surface area contributed by atoms with Crippen molar-refractivity contribution in [3.8, 4) is 0 Å². The summed E-state index contributed by atoms with van der Waals surface area (Å²) in [5.74, 6) is 0.347. The number of carbonyl (C=O) groups excluding carboxylic acids is 1. The van der Waals surface area contributed by atoms with E-state index in [1.54, 1.807) is 0 Å². The van der Waals surface area contributed by atoms with Crippen molar-refractivity contribution >= 4 is 5.91 Å². The van der Waals surface area contributed by atoms with Crippen molar-refractivity contribution in [3.63, 3.8) is 0 Å². The van der Waals surface area contributed by atoms with Crippen molar-refractivity contribution in [2.24, 2.45) is 5.41 Å². The molecule has 0 aromatic heterocycles. The Kier molecular flexibility index (Phi) is 5.44. The summed E-state index contributed by atoms with van der Waals surface area (Å²) >= 11 is 0. The normalized spacial score (nSPS) is 21.6. The number of carbonyl (C=O) groups is 1. The zero-order valence-corrected chi connectivity index (χ0v) is 11.9. The molecular formula is C14H28N2O. The van der Waals surface area contributed by atoms with E-state index in [4.69, 9.17) is 0 Å². The third kappa shape index (κ3) is 5.07.